The van der Waals surface area contributed by atoms with Gasteiger partial charge in [-0.3, -0.25) is 0 Å². The van der Waals surface area contributed by atoms with Gasteiger partial charge in [0.1, 0.15) is 0 Å². The highest BCUT2D eigenvalue weighted by molar-refractivity contribution is 5.85. The molecule has 0 saturated carbocycles. The van der Waals surface area contributed by atoms with E-state index in [0.717, 1.165) is 0 Å². The summed E-state index contributed by atoms with van der Waals surface area (Å²) in [6.07, 6.45) is 1.50. The van der Waals surface area contributed by atoms with Crippen LogP contribution in [0.1, 0.15) is 13.3 Å². The Balaban J connectivity index is 0. The van der Waals surface area contributed by atoms with E-state index in [-0.39, 0.29) is 18.4 Å². The molecule has 0 bridgehead atoms. The second-order valence-electron chi connectivity index (χ2n) is 1.91. The summed E-state index contributed by atoms with van der Waals surface area (Å²) < 4.78 is 0. The quantitative estimate of drug-likeness (QED) is 0.309. The van der Waals surface area contributed by atoms with Crippen LogP contribution in [0.4, 0.5) is 0 Å². The van der Waals surface area contributed by atoms with Crippen LogP contribution < -0.4 is 11.5 Å². The highest BCUT2D eigenvalue weighted by Crippen LogP contribution is 1.83. The highest BCUT2D eigenvalue weighted by atomic mass is 35.5. The Morgan fingerprint density at radius 3 is 2.55 bits per heavy atom. The maximum atomic E-state index is 8.72. The zero-order chi connectivity index (χ0) is 7.98. The van der Waals surface area contributed by atoms with Gasteiger partial charge in [-0.2, -0.15) is 5.10 Å². The van der Waals surface area contributed by atoms with Crippen molar-refractivity contribution in [3.63, 3.8) is 0 Å². The number of hydrogen-bond acceptors (Lipinski definition) is 3. The van der Waals surface area contributed by atoms with Crippen LogP contribution >= 0.6 is 12.4 Å². The Labute approximate surface area is 71.6 Å². The molecule has 0 heterocycles. The highest BCUT2D eigenvalue weighted by Gasteiger charge is 1.88. The zero-order valence-electron chi connectivity index (χ0n) is 6.27. The molecule has 1 atom stereocenters. The lowest BCUT2D eigenvalue weighted by atomic mass is 10.3. The van der Waals surface area contributed by atoms with Gasteiger partial charge < -0.3 is 16.6 Å². The molecule has 0 aromatic heterocycles. The lowest BCUT2D eigenvalue weighted by molar-refractivity contribution is 0.204. The van der Waals surface area contributed by atoms with Crippen molar-refractivity contribution in [2.45, 2.75) is 19.4 Å². The summed E-state index contributed by atoms with van der Waals surface area (Å²) in [5.41, 5.74) is 9.92. The summed E-state index contributed by atoms with van der Waals surface area (Å²) in [6.45, 7) is 1.65. The van der Waals surface area contributed by atoms with Gasteiger partial charge in [0.15, 0.2) is 0 Å². The van der Waals surface area contributed by atoms with Gasteiger partial charge in [-0.1, -0.05) is 0 Å². The van der Waals surface area contributed by atoms with Crippen LogP contribution in [0.15, 0.2) is 10.2 Å². The molecule has 0 fully saturated rings. The Hall–Kier alpha value is -0.810. The van der Waals surface area contributed by atoms with Crippen LogP contribution in [0.3, 0.4) is 0 Å². The Bertz CT molecular complexity index is 141. The molecule has 11 heavy (non-hydrogen) atoms. The van der Waals surface area contributed by atoms with Crippen molar-refractivity contribution in [2.75, 3.05) is 0 Å². The molecule has 0 aromatic carbocycles. The fraction of sp³-hybridized carbons (Fsp3) is 0.600. The first-order chi connectivity index (χ1) is 4.63. The third-order valence-electron chi connectivity index (χ3n) is 0.701. The van der Waals surface area contributed by atoms with Gasteiger partial charge >= 0.3 is 0 Å². The van der Waals surface area contributed by atoms with Crippen molar-refractivity contribution in [1.29, 1.82) is 0 Å². The second-order valence-corrected chi connectivity index (χ2v) is 1.91. The predicted octanol–water partition coefficient (Wildman–Crippen LogP) is -0.562. The average molecular weight is 181 g/mol. The number of hydrogen-bond donors (Lipinski definition) is 3. The molecule has 0 aromatic rings. The van der Waals surface area contributed by atoms with Crippen LogP contribution in [-0.2, 0) is 0 Å². The standard InChI is InChI=1S/C5H12N4O.ClH/c1-4(10)2-3-8-9-5(6)7;/h3-4,10H,2H2,1H3,(H4,6,7,9);1H/b8-3-;. The minimum Gasteiger partial charge on any atom is -0.393 e. The van der Waals surface area contributed by atoms with E-state index in [4.69, 9.17) is 16.6 Å². The van der Waals surface area contributed by atoms with Gasteiger partial charge in [-0.15, -0.1) is 17.5 Å². The molecule has 0 amide bonds. The Morgan fingerprint density at radius 2 is 2.18 bits per heavy atom. The van der Waals surface area contributed by atoms with Crippen molar-refractivity contribution >= 4 is 24.6 Å². The molecule has 0 aliphatic rings. The zero-order valence-corrected chi connectivity index (χ0v) is 7.08. The summed E-state index contributed by atoms with van der Waals surface area (Å²) >= 11 is 0. The summed E-state index contributed by atoms with van der Waals surface area (Å²) in [5.74, 6) is -0.0816. The molecular weight excluding hydrogens is 168 g/mol. The van der Waals surface area contributed by atoms with Crippen molar-refractivity contribution < 1.29 is 5.11 Å². The number of guanidine groups is 1. The van der Waals surface area contributed by atoms with E-state index in [1.54, 1.807) is 6.92 Å². The topological polar surface area (TPSA) is 97.0 Å². The van der Waals surface area contributed by atoms with E-state index in [1.807, 2.05) is 0 Å². The molecule has 0 aliphatic heterocycles. The van der Waals surface area contributed by atoms with Gasteiger partial charge in [0.2, 0.25) is 5.96 Å². The molecule has 5 nitrogen and oxygen atoms in total. The Kier molecular flexibility index (Phi) is 8.51. The lowest BCUT2D eigenvalue weighted by Crippen LogP contribution is -2.21. The number of aliphatic hydroxyl groups excluding tert-OH is 1. The first-order valence-electron chi connectivity index (χ1n) is 2.91. The van der Waals surface area contributed by atoms with E-state index in [0.29, 0.717) is 6.42 Å². The number of nitrogens with zero attached hydrogens (tertiary/aromatic N) is 2. The molecule has 0 saturated heterocycles. The smallest absolute Gasteiger partial charge is 0.211 e. The summed E-state index contributed by atoms with van der Waals surface area (Å²) in [5, 5.41) is 15.5. The third kappa shape index (κ3) is 12.4. The number of rotatable bonds is 3. The average Bonchev–Trinajstić information content (AvgIpc) is 1.79. The van der Waals surface area contributed by atoms with Gasteiger partial charge in [0.25, 0.3) is 0 Å². The van der Waals surface area contributed by atoms with E-state index in [9.17, 15) is 0 Å². The van der Waals surface area contributed by atoms with Crippen molar-refractivity contribution in [1.82, 2.24) is 0 Å². The minimum atomic E-state index is -0.405. The molecule has 6 heteroatoms. The summed E-state index contributed by atoms with van der Waals surface area (Å²) in [7, 11) is 0. The monoisotopic (exact) mass is 180 g/mol. The summed E-state index contributed by atoms with van der Waals surface area (Å²) in [6, 6.07) is 0. The van der Waals surface area contributed by atoms with E-state index < -0.39 is 6.10 Å². The van der Waals surface area contributed by atoms with E-state index in [1.165, 1.54) is 6.21 Å². The van der Waals surface area contributed by atoms with Crippen molar-refractivity contribution in [3.8, 4) is 0 Å². The van der Waals surface area contributed by atoms with Crippen molar-refractivity contribution in [2.24, 2.45) is 21.7 Å². The molecule has 0 radical (unpaired) electrons. The molecule has 0 spiro atoms. The largest absolute Gasteiger partial charge is 0.393 e. The third-order valence-corrected chi connectivity index (χ3v) is 0.701. The van der Waals surface area contributed by atoms with Crippen LogP contribution in [0.2, 0.25) is 0 Å². The normalized spacial score (nSPS) is 12.2. The number of halogens is 1. The predicted molar refractivity (Wildman–Crippen MR) is 47.8 cm³/mol. The van der Waals surface area contributed by atoms with E-state index in [2.05, 4.69) is 10.2 Å². The second kappa shape index (κ2) is 7.30. The fourth-order valence-corrected chi connectivity index (χ4v) is 0.307. The van der Waals surface area contributed by atoms with Gasteiger partial charge in [0.05, 0.1) is 6.10 Å². The molecule has 0 rings (SSSR count). The van der Waals surface area contributed by atoms with Crippen LogP contribution in [0, 0.1) is 0 Å². The van der Waals surface area contributed by atoms with Gasteiger partial charge in [0, 0.05) is 12.6 Å². The van der Waals surface area contributed by atoms with Crippen LogP contribution in [0.25, 0.3) is 0 Å². The minimum absolute atomic E-state index is 0. The SMILES string of the molecule is CC(O)C/C=N\N=C(N)N.Cl. The van der Waals surface area contributed by atoms with E-state index >= 15 is 0 Å². The van der Waals surface area contributed by atoms with Crippen molar-refractivity contribution in [3.05, 3.63) is 0 Å². The van der Waals surface area contributed by atoms with Gasteiger partial charge in [-0.05, 0) is 6.92 Å². The summed E-state index contributed by atoms with van der Waals surface area (Å²) in [4.78, 5) is 0. The van der Waals surface area contributed by atoms with Crippen LogP contribution in [-0.4, -0.2) is 23.4 Å². The lowest BCUT2D eigenvalue weighted by Gasteiger charge is -1.93. The maximum absolute atomic E-state index is 8.72. The number of aliphatic hydroxyl groups is 1. The fourth-order valence-electron chi connectivity index (χ4n) is 0.307. The molecule has 1 unspecified atom stereocenters. The maximum Gasteiger partial charge on any atom is 0.211 e. The molecule has 0 aliphatic carbocycles. The first-order valence-corrected chi connectivity index (χ1v) is 2.91. The molecular formula is C5H13ClN4O. The van der Waals surface area contributed by atoms with Gasteiger partial charge in [-0.25, -0.2) is 0 Å². The molecule has 5 N–H and O–H groups in total. The first kappa shape index (κ1) is 12.8. The van der Waals surface area contributed by atoms with Crippen LogP contribution in [0.5, 0.6) is 0 Å². The number of nitrogens with two attached hydrogens (primary N) is 2. The Morgan fingerprint density at radius 1 is 1.64 bits per heavy atom. The molecule has 66 valence electrons.